The van der Waals surface area contributed by atoms with Gasteiger partial charge in [-0.2, -0.15) is 5.10 Å². The van der Waals surface area contributed by atoms with Crippen molar-refractivity contribution in [3.05, 3.63) is 47.5 Å². The number of nitrogens with one attached hydrogen (secondary N) is 1. The zero-order chi connectivity index (χ0) is 21.5. The summed E-state index contributed by atoms with van der Waals surface area (Å²) in [6, 6.07) is 2.68. The van der Waals surface area contributed by atoms with E-state index in [1.54, 1.807) is 0 Å². The zero-order valence-electron chi connectivity index (χ0n) is 16.2. The molecule has 162 valence electrons. The van der Waals surface area contributed by atoms with Crippen LogP contribution in [0.5, 0.6) is 11.5 Å². The minimum atomic E-state index is -2.74. The SMILES string of the molecule is O=C1NCCCOc2ccc(F)cc2CN2c3nc4c1cnn4cc3OC[C@H]2C(F)F. The van der Waals surface area contributed by atoms with E-state index in [-0.39, 0.29) is 48.4 Å². The summed E-state index contributed by atoms with van der Waals surface area (Å²) in [6.45, 7) is 0.258. The normalized spacial score (nSPS) is 18.9. The van der Waals surface area contributed by atoms with Gasteiger partial charge in [0.05, 0.1) is 19.0 Å². The Kier molecular flexibility index (Phi) is 4.79. The lowest BCUT2D eigenvalue weighted by Crippen LogP contribution is -2.47. The number of carbonyl (C=O) groups is 1. The molecule has 0 aliphatic carbocycles. The number of hydrogen-bond donors (Lipinski definition) is 1. The second kappa shape index (κ2) is 7.64. The zero-order valence-corrected chi connectivity index (χ0v) is 16.2. The third-order valence-corrected chi connectivity index (χ3v) is 5.29. The number of fused-ring (bicyclic) bond motifs is 1. The van der Waals surface area contributed by atoms with E-state index in [0.29, 0.717) is 24.3 Å². The highest BCUT2D eigenvalue weighted by Crippen LogP contribution is 2.37. The number of alkyl halides is 2. The molecule has 0 spiro atoms. The van der Waals surface area contributed by atoms with E-state index in [2.05, 4.69) is 15.4 Å². The Bertz CT molecular complexity index is 1150. The van der Waals surface area contributed by atoms with Gasteiger partial charge in [-0.3, -0.25) is 4.79 Å². The number of ether oxygens (including phenoxy) is 2. The molecule has 2 bridgehead atoms. The molecule has 0 unspecified atom stereocenters. The number of rotatable bonds is 1. The first-order valence-corrected chi connectivity index (χ1v) is 9.76. The summed E-state index contributed by atoms with van der Waals surface area (Å²) in [4.78, 5) is 18.4. The quantitative estimate of drug-likeness (QED) is 0.635. The standard InChI is InChI=1S/C20H18F3N5O3/c21-12-2-3-15-11(6-12)8-27-14(17(22)23)10-31-16-9-28-18(26-19(16)27)13(7-25-28)20(29)24-4-1-5-30-15/h2-3,6-7,9,14,17H,1,4-5,8,10H2,(H,24,29)/t14-/m0/s1. The lowest BCUT2D eigenvalue weighted by Gasteiger charge is -2.37. The van der Waals surface area contributed by atoms with Crippen LogP contribution in [-0.4, -0.2) is 52.7 Å². The van der Waals surface area contributed by atoms with Gasteiger partial charge in [0.15, 0.2) is 17.2 Å². The number of halogens is 3. The molecular formula is C20H18F3N5O3. The molecule has 3 aromatic rings. The smallest absolute Gasteiger partial charge is 0.261 e. The summed E-state index contributed by atoms with van der Waals surface area (Å²) in [5, 5.41) is 6.90. The van der Waals surface area contributed by atoms with E-state index in [0.717, 1.165) is 0 Å². The molecule has 1 aromatic carbocycles. The Balaban J connectivity index is 1.69. The molecule has 5 rings (SSSR count). The molecule has 2 aliphatic rings. The molecule has 8 nitrogen and oxygen atoms in total. The third-order valence-electron chi connectivity index (χ3n) is 5.29. The van der Waals surface area contributed by atoms with Crippen molar-refractivity contribution in [2.75, 3.05) is 24.7 Å². The van der Waals surface area contributed by atoms with E-state index in [9.17, 15) is 18.0 Å². The van der Waals surface area contributed by atoms with Crippen molar-refractivity contribution in [1.82, 2.24) is 19.9 Å². The summed E-state index contributed by atoms with van der Waals surface area (Å²) in [6.07, 6.45) is 0.626. The van der Waals surface area contributed by atoms with Crippen molar-refractivity contribution in [2.24, 2.45) is 0 Å². The van der Waals surface area contributed by atoms with Crippen molar-refractivity contribution < 1.29 is 27.4 Å². The van der Waals surface area contributed by atoms with Crippen LogP contribution < -0.4 is 19.7 Å². The highest BCUT2D eigenvalue weighted by molar-refractivity contribution is 5.99. The molecule has 0 fully saturated rings. The van der Waals surface area contributed by atoms with Gasteiger partial charge < -0.3 is 19.7 Å². The predicted octanol–water partition coefficient (Wildman–Crippen LogP) is 2.41. The fourth-order valence-electron chi connectivity index (χ4n) is 3.72. The number of hydrogen-bond acceptors (Lipinski definition) is 6. The fraction of sp³-hybridized carbons (Fsp3) is 0.350. The van der Waals surface area contributed by atoms with Crippen molar-refractivity contribution >= 4 is 17.4 Å². The molecule has 0 saturated carbocycles. The van der Waals surface area contributed by atoms with E-state index in [4.69, 9.17) is 9.47 Å². The molecule has 0 saturated heterocycles. The topological polar surface area (TPSA) is 81.0 Å². The van der Waals surface area contributed by atoms with Crippen molar-refractivity contribution in [2.45, 2.75) is 25.4 Å². The number of aromatic nitrogens is 3. The molecular weight excluding hydrogens is 415 g/mol. The highest BCUT2D eigenvalue weighted by atomic mass is 19.3. The van der Waals surface area contributed by atoms with Gasteiger partial charge in [-0.1, -0.05) is 0 Å². The Morgan fingerprint density at radius 3 is 2.94 bits per heavy atom. The van der Waals surface area contributed by atoms with Crippen LogP contribution in [0.2, 0.25) is 0 Å². The van der Waals surface area contributed by atoms with Gasteiger partial charge in [-0.15, -0.1) is 0 Å². The van der Waals surface area contributed by atoms with Gasteiger partial charge >= 0.3 is 0 Å². The first kappa shape index (κ1) is 19.5. The third kappa shape index (κ3) is 3.49. The fourth-order valence-corrected chi connectivity index (χ4v) is 3.72. The van der Waals surface area contributed by atoms with Crippen molar-refractivity contribution in [1.29, 1.82) is 0 Å². The number of nitrogens with zero attached hydrogens (tertiary/aromatic N) is 4. The minimum Gasteiger partial charge on any atom is -0.493 e. The molecule has 1 atom stereocenters. The van der Waals surface area contributed by atoms with E-state index < -0.39 is 18.3 Å². The van der Waals surface area contributed by atoms with Gasteiger partial charge in [-0.25, -0.2) is 22.7 Å². The lowest BCUT2D eigenvalue weighted by molar-refractivity contribution is 0.0766. The van der Waals surface area contributed by atoms with E-state index in [1.807, 2.05) is 0 Å². The van der Waals surface area contributed by atoms with Gasteiger partial charge in [0.2, 0.25) is 0 Å². The number of carbonyl (C=O) groups excluding carboxylic acids is 1. The summed E-state index contributed by atoms with van der Waals surface area (Å²) in [5.41, 5.74) is 0.842. The highest BCUT2D eigenvalue weighted by Gasteiger charge is 2.36. The molecule has 0 radical (unpaired) electrons. The van der Waals surface area contributed by atoms with Crippen LogP contribution in [-0.2, 0) is 6.54 Å². The van der Waals surface area contributed by atoms with Gasteiger partial charge in [0.25, 0.3) is 12.3 Å². The first-order valence-electron chi connectivity index (χ1n) is 9.76. The average molecular weight is 433 g/mol. The minimum absolute atomic E-state index is 0.0721. The monoisotopic (exact) mass is 433 g/mol. The van der Waals surface area contributed by atoms with E-state index >= 15 is 0 Å². The van der Waals surface area contributed by atoms with Gasteiger partial charge in [0.1, 0.15) is 29.8 Å². The second-order valence-corrected chi connectivity index (χ2v) is 7.31. The number of benzene rings is 1. The van der Waals surface area contributed by atoms with Gasteiger partial charge in [-0.05, 0) is 24.6 Å². The van der Waals surface area contributed by atoms with Crippen LogP contribution in [0.1, 0.15) is 22.3 Å². The van der Waals surface area contributed by atoms with E-state index in [1.165, 1.54) is 40.0 Å². The number of anilines is 1. The summed E-state index contributed by atoms with van der Waals surface area (Å²) in [5.74, 6) is -0.122. The molecule has 2 aromatic heterocycles. The Labute approximate surface area is 174 Å². The molecule has 1 amide bonds. The second-order valence-electron chi connectivity index (χ2n) is 7.31. The van der Waals surface area contributed by atoms with Crippen LogP contribution in [0.3, 0.4) is 0 Å². The first-order chi connectivity index (χ1) is 15.0. The molecule has 31 heavy (non-hydrogen) atoms. The van der Waals surface area contributed by atoms with Crippen molar-refractivity contribution in [3.63, 3.8) is 0 Å². The Hall–Kier alpha value is -3.50. The van der Waals surface area contributed by atoms with Crippen LogP contribution in [0.25, 0.3) is 5.65 Å². The maximum atomic E-state index is 14.0. The summed E-state index contributed by atoms with van der Waals surface area (Å²) < 4.78 is 54.4. The maximum absolute atomic E-state index is 14.0. The predicted molar refractivity (Wildman–Crippen MR) is 103 cm³/mol. The molecule has 4 heterocycles. The number of amides is 1. The Morgan fingerprint density at radius 1 is 1.23 bits per heavy atom. The van der Waals surface area contributed by atoms with Crippen LogP contribution in [0.4, 0.5) is 19.0 Å². The summed E-state index contributed by atoms with van der Waals surface area (Å²) >= 11 is 0. The van der Waals surface area contributed by atoms with Crippen LogP contribution in [0.15, 0.2) is 30.6 Å². The van der Waals surface area contributed by atoms with Crippen LogP contribution >= 0.6 is 0 Å². The average Bonchev–Trinajstić information content (AvgIpc) is 3.15. The largest absolute Gasteiger partial charge is 0.493 e. The van der Waals surface area contributed by atoms with Crippen LogP contribution in [0, 0.1) is 5.82 Å². The van der Waals surface area contributed by atoms with Gasteiger partial charge in [0, 0.05) is 18.7 Å². The molecule has 1 N–H and O–H groups in total. The molecule has 11 heteroatoms. The molecule has 2 aliphatic heterocycles. The van der Waals surface area contributed by atoms with Crippen molar-refractivity contribution in [3.8, 4) is 11.5 Å². The summed E-state index contributed by atoms with van der Waals surface area (Å²) in [7, 11) is 0. The maximum Gasteiger partial charge on any atom is 0.261 e. The lowest BCUT2D eigenvalue weighted by atomic mass is 10.1. The Morgan fingerprint density at radius 2 is 2.10 bits per heavy atom.